The molecule has 0 unspecified atom stereocenters. The summed E-state index contributed by atoms with van der Waals surface area (Å²) < 4.78 is 5.04. The number of carbonyl (C=O) groups is 2. The Morgan fingerprint density at radius 2 is 2.28 bits per heavy atom. The lowest BCUT2D eigenvalue weighted by Gasteiger charge is -2.21. The molecule has 25 heavy (non-hydrogen) atoms. The number of hydrogen-bond acceptors (Lipinski definition) is 7. The summed E-state index contributed by atoms with van der Waals surface area (Å²) in [6, 6.07) is 1.43. The molecule has 0 fully saturated rings. The molecule has 0 saturated carbocycles. The molecule has 0 aliphatic carbocycles. The number of nitrogens with two attached hydrogens (primary N) is 1. The minimum atomic E-state index is -0.641. The molecule has 3 heterocycles. The van der Waals surface area contributed by atoms with Crippen LogP contribution >= 0.6 is 11.8 Å². The van der Waals surface area contributed by atoms with Crippen LogP contribution in [-0.2, 0) is 9.53 Å². The van der Waals surface area contributed by atoms with Crippen molar-refractivity contribution in [2.45, 2.75) is 12.8 Å². The number of carbonyl (C=O) groups excluding carboxylic acids is 2. The summed E-state index contributed by atoms with van der Waals surface area (Å²) in [5.41, 5.74) is 6.27. The smallest absolute Gasteiger partial charge is 0.260 e. The van der Waals surface area contributed by atoms with Gasteiger partial charge >= 0.3 is 0 Å². The summed E-state index contributed by atoms with van der Waals surface area (Å²) >= 11 is 1.43. The van der Waals surface area contributed by atoms with E-state index in [1.165, 1.54) is 24.0 Å². The standard InChI is InChI=1S/C16H17N5O3S/c1-24-4-2-3-9-7-20-16(25-9)11-12(17)13-10(21-15(11)23)5-8(6-19-13)14(18)22/h5-7,17,20H,2-4H2,1H3,(H2,18,22)(H,21,23)/b16-11-,17-12?. The van der Waals surface area contributed by atoms with E-state index in [-0.39, 0.29) is 16.8 Å². The van der Waals surface area contributed by atoms with Gasteiger partial charge in [-0.25, -0.2) is 0 Å². The highest BCUT2D eigenvalue weighted by Crippen LogP contribution is 2.36. The van der Waals surface area contributed by atoms with E-state index in [1.54, 1.807) is 7.11 Å². The first kappa shape index (κ1) is 17.2. The van der Waals surface area contributed by atoms with Crippen LogP contribution in [0.4, 0.5) is 5.69 Å². The van der Waals surface area contributed by atoms with E-state index in [4.69, 9.17) is 15.9 Å². The van der Waals surface area contributed by atoms with E-state index in [1.807, 2.05) is 6.20 Å². The maximum absolute atomic E-state index is 12.5. The minimum Gasteiger partial charge on any atom is -0.385 e. The van der Waals surface area contributed by atoms with Gasteiger partial charge in [0.1, 0.15) is 5.69 Å². The highest BCUT2D eigenvalue weighted by atomic mass is 32.2. The average molecular weight is 359 g/mol. The number of ether oxygens (including phenoxy) is 1. The molecule has 0 bridgehead atoms. The summed E-state index contributed by atoms with van der Waals surface area (Å²) in [6.45, 7) is 0.666. The summed E-state index contributed by atoms with van der Waals surface area (Å²) in [6.07, 6.45) is 4.85. The number of hydrogen-bond donors (Lipinski definition) is 4. The Balaban J connectivity index is 1.84. The highest BCUT2D eigenvalue weighted by molar-refractivity contribution is 8.07. The predicted octanol–water partition coefficient (Wildman–Crippen LogP) is 1.32. The van der Waals surface area contributed by atoms with Crippen LogP contribution in [0.15, 0.2) is 34.0 Å². The summed E-state index contributed by atoms with van der Waals surface area (Å²) in [5.74, 6) is -1.05. The quantitative estimate of drug-likeness (QED) is 0.463. The third-order valence-electron chi connectivity index (χ3n) is 3.73. The molecule has 1 aromatic rings. The van der Waals surface area contributed by atoms with Crippen molar-refractivity contribution >= 4 is 35.0 Å². The van der Waals surface area contributed by atoms with Gasteiger partial charge < -0.3 is 21.1 Å². The number of primary amides is 1. The van der Waals surface area contributed by atoms with Crippen molar-refractivity contribution in [3.8, 4) is 0 Å². The number of aromatic nitrogens is 1. The molecule has 0 atom stereocenters. The van der Waals surface area contributed by atoms with Gasteiger partial charge in [0.2, 0.25) is 5.91 Å². The van der Waals surface area contributed by atoms with Gasteiger partial charge in [0, 0.05) is 31.0 Å². The van der Waals surface area contributed by atoms with Crippen LogP contribution in [0.25, 0.3) is 0 Å². The molecule has 2 amide bonds. The molecule has 2 aliphatic rings. The Labute approximate surface area is 148 Å². The molecule has 8 nitrogen and oxygen atoms in total. The zero-order valence-electron chi connectivity index (χ0n) is 13.5. The number of methoxy groups -OCH3 is 1. The molecule has 5 N–H and O–H groups in total. The maximum atomic E-state index is 12.5. The van der Waals surface area contributed by atoms with Gasteiger partial charge in [-0.2, -0.15) is 0 Å². The first-order chi connectivity index (χ1) is 12.0. The molecule has 0 saturated heterocycles. The molecule has 0 radical (unpaired) electrons. The van der Waals surface area contributed by atoms with Crippen molar-refractivity contribution in [2.75, 3.05) is 19.0 Å². The third kappa shape index (κ3) is 3.42. The Kier molecular flexibility index (Phi) is 4.86. The van der Waals surface area contributed by atoms with Gasteiger partial charge in [-0.1, -0.05) is 11.8 Å². The van der Waals surface area contributed by atoms with Crippen molar-refractivity contribution in [1.82, 2.24) is 10.3 Å². The van der Waals surface area contributed by atoms with Crippen LogP contribution in [0.5, 0.6) is 0 Å². The van der Waals surface area contributed by atoms with E-state index >= 15 is 0 Å². The lowest BCUT2D eigenvalue weighted by atomic mass is 10.0. The molecule has 130 valence electrons. The first-order valence-corrected chi connectivity index (χ1v) is 8.40. The number of nitrogens with zero attached hydrogens (tertiary/aromatic N) is 1. The Morgan fingerprint density at radius 3 is 3.00 bits per heavy atom. The van der Waals surface area contributed by atoms with Crippen LogP contribution in [0.3, 0.4) is 0 Å². The van der Waals surface area contributed by atoms with E-state index in [9.17, 15) is 9.59 Å². The zero-order chi connectivity index (χ0) is 18.0. The largest absolute Gasteiger partial charge is 0.385 e. The van der Waals surface area contributed by atoms with Crippen LogP contribution in [0.2, 0.25) is 0 Å². The van der Waals surface area contributed by atoms with Gasteiger partial charge in [0.15, 0.2) is 0 Å². The lowest BCUT2D eigenvalue weighted by Crippen LogP contribution is -2.31. The topological polar surface area (TPSA) is 130 Å². The monoisotopic (exact) mass is 359 g/mol. The average Bonchev–Trinajstić information content (AvgIpc) is 3.03. The molecule has 1 aromatic heterocycles. The number of fused-ring (bicyclic) bond motifs is 1. The van der Waals surface area contributed by atoms with Crippen LogP contribution in [0, 0.1) is 5.41 Å². The van der Waals surface area contributed by atoms with E-state index in [2.05, 4.69) is 15.6 Å². The van der Waals surface area contributed by atoms with Crippen molar-refractivity contribution in [3.05, 3.63) is 45.2 Å². The van der Waals surface area contributed by atoms with Gasteiger partial charge in [0.05, 0.1) is 27.6 Å². The number of rotatable bonds is 5. The number of nitrogens with one attached hydrogen (secondary N) is 3. The molecule has 0 aromatic carbocycles. The third-order valence-corrected chi connectivity index (χ3v) is 4.84. The van der Waals surface area contributed by atoms with Crippen molar-refractivity contribution < 1.29 is 14.3 Å². The second-order valence-electron chi connectivity index (χ2n) is 5.47. The molecule has 9 heteroatoms. The number of amides is 2. The van der Waals surface area contributed by atoms with Gasteiger partial charge in [0.25, 0.3) is 5.91 Å². The number of pyridine rings is 1. The van der Waals surface area contributed by atoms with Gasteiger partial charge in [-0.05, 0) is 18.9 Å². The second kappa shape index (κ2) is 7.08. The van der Waals surface area contributed by atoms with Crippen LogP contribution < -0.4 is 16.4 Å². The summed E-state index contributed by atoms with van der Waals surface area (Å²) in [7, 11) is 1.66. The highest BCUT2D eigenvalue weighted by Gasteiger charge is 2.32. The molecule has 3 rings (SSSR count). The summed E-state index contributed by atoms with van der Waals surface area (Å²) in [4.78, 5) is 28.9. The van der Waals surface area contributed by atoms with Crippen molar-refractivity contribution in [2.24, 2.45) is 5.73 Å². The molecule has 0 spiro atoms. The second-order valence-corrected chi connectivity index (χ2v) is 6.61. The Morgan fingerprint density at radius 1 is 1.48 bits per heavy atom. The fourth-order valence-corrected chi connectivity index (χ4v) is 3.54. The number of allylic oxidation sites excluding steroid dienone is 1. The van der Waals surface area contributed by atoms with Crippen molar-refractivity contribution in [1.29, 1.82) is 5.41 Å². The first-order valence-electron chi connectivity index (χ1n) is 7.58. The van der Waals surface area contributed by atoms with E-state index in [0.29, 0.717) is 23.0 Å². The fraction of sp³-hybridized carbons (Fsp3) is 0.250. The Hall–Kier alpha value is -2.65. The minimum absolute atomic E-state index is 0.0105. The predicted molar refractivity (Wildman–Crippen MR) is 95.2 cm³/mol. The van der Waals surface area contributed by atoms with E-state index < -0.39 is 11.8 Å². The molecular weight excluding hydrogens is 342 g/mol. The van der Waals surface area contributed by atoms with Crippen molar-refractivity contribution in [3.63, 3.8) is 0 Å². The van der Waals surface area contributed by atoms with Gasteiger partial charge in [-0.15, -0.1) is 0 Å². The molecular formula is C16H17N5O3S. The normalized spacial score (nSPS) is 19.2. The number of thioether (sulfide) groups is 1. The maximum Gasteiger partial charge on any atom is 0.260 e. The summed E-state index contributed by atoms with van der Waals surface area (Å²) in [5, 5.41) is 14.7. The zero-order valence-corrected chi connectivity index (χ0v) is 14.3. The SMILES string of the molecule is COCCCC1=CN/C(=C2\C(=N)c3ncc(C(N)=O)cc3NC2=O)S1. The van der Waals surface area contributed by atoms with Crippen LogP contribution in [0.1, 0.15) is 28.9 Å². The van der Waals surface area contributed by atoms with Crippen LogP contribution in [-0.4, -0.2) is 36.2 Å². The lowest BCUT2D eigenvalue weighted by molar-refractivity contribution is -0.112. The van der Waals surface area contributed by atoms with E-state index in [0.717, 1.165) is 17.7 Å². The fourth-order valence-electron chi connectivity index (χ4n) is 2.50. The van der Waals surface area contributed by atoms with Gasteiger partial charge in [-0.3, -0.25) is 20.0 Å². The number of anilines is 1. The Bertz CT molecular complexity index is 831. The molecule has 2 aliphatic heterocycles.